The maximum atomic E-state index is 4.08. The minimum absolute atomic E-state index is 0.552. The molecule has 0 saturated carbocycles. The molecule has 0 fully saturated rings. The Morgan fingerprint density at radius 3 is 3.06 bits per heavy atom. The van der Waals surface area contributed by atoms with Crippen LogP contribution in [-0.2, 0) is 6.54 Å². The van der Waals surface area contributed by atoms with Gasteiger partial charge in [-0.1, -0.05) is 6.92 Å². The van der Waals surface area contributed by atoms with Gasteiger partial charge in [0.25, 0.3) is 0 Å². The molecule has 0 spiro atoms. The molecule has 1 atom stereocenters. The second-order valence-electron chi connectivity index (χ2n) is 3.85. The minimum Gasteiger partial charge on any atom is -0.314 e. The van der Waals surface area contributed by atoms with Crippen molar-refractivity contribution in [3.05, 3.63) is 12.7 Å². The number of nitrogens with one attached hydrogen (secondary N) is 1. The van der Waals surface area contributed by atoms with Gasteiger partial charge in [-0.2, -0.15) is 16.9 Å². The fraction of sp³-hybridized carbons (Fsp3) is 0.818. The van der Waals surface area contributed by atoms with Crippen molar-refractivity contribution in [1.82, 2.24) is 20.1 Å². The molecule has 0 saturated heterocycles. The van der Waals surface area contributed by atoms with E-state index in [2.05, 4.69) is 29.2 Å². The molecule has 92 valence electrons. The summed E-state index contributed by atoms with van der Waals surface area (Å²) in [5, 5.41) is 7.61. The standard InChI is InChI=1S/C11H22N4S/c1-3-16-8-4-6-13-11(2)5-7-15-10-12-9-14-15/h9-11,13H,3-8H2,1-2H3. The highest BCUT2D eigenvalue weighted by Crippen LogP contribution is 2.00. The minimum atomic E-state index is 0.552. The van der Waals surface area contributed by atoms with Gasteiger partial charge in [-0.05, 0) is 37.8 Å². The van der Waals surface area contributed by atoms with Crippen LogP contribution in [0, 0.1) is 0 Å². The van der Waals surface area contributed by atoms with Crippen LogP contribution in [0.1, 0.15) is 26.7 Å². The summed E-state index contributed by atoms with van der Waals surface area (Å²) in [4.78, 5) is 3.92. The Morgan fingerprint density at radius 2 is 2.38 bits per heavy atom. The maximum Gasteiger partial charge on any atom is 0.137 e. The van der Waals surface area contributed by atoms with Crippen LogP contribution >= 0.6 is 11.8 Å². The molecule has 1 aromatic heterocycles. The molecule has 1 N–H and O–H groups in total. The van der Waals surface area contributed by atoms with Crippen LogP contribution in [0.4, 0.5) is 0 Å². The molecule has 1 unspecified atom stereocenters. The smallest absolute Gasteiger partial charge is 0.137 e. The fourth-order valence-electron chi connectivity index (χ4n) is 1.44. The van der Waals surface area contributed by atoms with Crippen LogP contribution in [0.5, 0.6) is 0 Å². The summed E-state index contributed by atoms with van der Waals surface area (Å²) in [6.45, 7) is 6.49. The van der Waals surface area contributed by atoms with Gasteiger partial charge in [-0.25, -0.2) is 4.98 Å². The quantitative estimate of drug-likeness (QED) is 0.670. The summed E-state index contributed by atoms with van der Waals surface area (Å²) in [6, 6.07) is 0.552. The molecule has 0 aromatic carbocycles. The summed E-state index contributed by atoms with van der Waals surface area (Å²) >= 11 is 2.01. The van der Waals surface area contributed by atoms with Crippen LogP contribution in [-0.4, -0.2) is 38.9 Å². The first kappa shape index (κ1) is 13.5. The number of hydrogen-bond donors (Lipinski definition) is 1. The zero-order chi connectivity index (χ0) is 11.6. The number of hydrogen-bond acceptors (Lipinski definition) is 4. The van der Waals surface area contributed by atoms with Crippen LogP contribution in [0.3, 0.4) is 0 Å². The van der Waals surface area contributed by atoms with E-state index in [-0.39, 0.29) is 0 Å². The van der Waals surface area contributed by atoms with Gasteiger partial charge in [0.15, 0.2) is 0 Å². The number of thioether (sulfide) groups is 1. The Hall–Kier alpha value is -0.550. The molecule has 0 aliphatic heterocycles. The van der Waals surface area contributed by atoms with Crippen molar-refractivity contribution in [2.24, 2.45) is 0 Å². The van der Waals surface area contributed by atoms with E-state index in [9.17, 15) is 0 Å². The zero-order valence-electron chi connectivity index (χ0n) is 10.2. The molecule has 0 aliphatic rings. The first-order valence-corrected chi connectivity index (χ1v) is 7.12. The van der Waals surface area contributed by atoms with Crippen molar-refractivity contribution < 1.29 is 0 Å². The predicted molar refractivity (Wildman–Crippen MR) is 69.7 cm³/mol. The van der Waals surface area contributed by atoms with E-state index in [1.54, 1.807) is 12.7 Å². The van der Waals surface area contributed by atoms with Gasteiger partial charge < -0.3 is 5.32 Å². The molecule has 0 bridgehead atoms. The Bertz CT molecular complexity index is 250. The second kappa shape index (κ2) is 8.58. The molecular weight excluding hydrogens is 220 g/mol. The van der Waals surface area contributed by atoms with Crippen LogP contribution in [0.15, 0.2) is 12.7 Å². The average molecular weight is 242 g/mol. The van der Waals surface area contributed by atoms with Crippen molar-refractivity contribution in [2.75, 3.05) is 18.1 Å². The molecule has 0 amide bonds. The lowest BCUT2D eigenvalue weighted by Crippen LogP contribution is -2.28. The molecule has 4 nitrogen and oxygen atoms in total. The first-order chi connectivity index (χ1) is 7.83. The summed E-state index contributed by atoms with van der Waals surface area (Å²) in [6.07, 6.45) is 5.71. The first-order valence-electron chi connectivity index (χ1n) is 5.96. The highest BCUT2D eigenvalue weighted by molar-refractivity contribution is 7.99. The summed E-state index contributed by atoms with van der Waals surface area (Å²) < 4.78 is 1.88. The number of nitrogens with zero attached hydrogens (tertiary/aromatic N) is 3. The van der Waals surface area contributed by atoms with Gasteiger partial charge in [0.2, 0.25) is 0 Å². The lowest BCUT2D eigenvalue weighted by atomic mass is 10.2. The SMILES string of the molecule is CCSCCCNC(C)CCn1cncn1. The van der Waals surface area contributed by atoms with E-state index < -0.39 is 0 Å². The topological polar surface area (TPSA) is 42.7 Å². The normalized spacial score (nSPS) is 12.9. The Balaban J connectivity index is 1.96. The molecule has 1 heterocycles. The third kappa shape index (κ3) is 6.12. The number of aryl methyl sites for hydroxylation is 1. The van der Waals surface area contributed by atoms with E-state index in [1.807, 2.05) is 16.4 Å². The van der Waals surface area contributed by atoms with Crippen molar-refractivity contribution in [3.8, 4) is 0 Å². The van der Waals surface area contributed by atoms with E-state index in [0.29, 0.717) is 6.04 Å². The summed E-state index contributed by atoms with van der Waals surface area (Å²) in [5.41, 5.74) is 0. The van der Waals surface area contributed by atoms with Gasteiger partial charge in [-0.3, -0.25) is 4.68 Å². The monoisotopic (exact) mass is 242 g/mol. The molecule has 1 rings (SSSR count). The third-order valence-corrected chi connectivity index (χ3v) is 3.41. The van der Waals surface area contributed by atoms with Crippen LogP contribution < -0.4 is 5.32 Å². The summed E-state index contributed by atoms with van der Waals surface area (Å²) in [5.74, 6) is 2.49. The molecule has 1 aromatic rings. The van der Waals surface area contributed by atoms with Gasteiger partial charge in [0.1, 0.15) is 12.7 Å². The lowest BCUT2D eigenvalue weighted by molar-refractivity contribution is 0.459. The predicted octanol–water partition coefficient (Wildman–Crippen LogP) is 1.79. The zero-order valence-corrected chi connectivity index (χ0v) is 11.0. The van der Waals surface area contributed by atoms with E-state index >= 15 is 0 Å². The van der Waals surface area contributed by atoms with E-state index in [0.717, 1.165) is 19.5 Å². The van der Waals surface area contributed by atoms with Crippen molar-refractivity contribution >= 4 is 11.8 Å². The van der Waals surface area contributed by atoms with Crippen molar-refractivity contribution in [1.29, 1.82) is 0 Å². The highest BCUT2D eigenvalue weighted by atomic mass is 32.2. The van der Waals surface area contributed by atoms with Crippen molar-refractivity contribution in [3.63, 3.8) is 0 Å². The Kier molecular flexibility index (Phi) is 7.25. The second-order valence-corrected chi connectivity index (χ2v) is 5.25. The maximum absolute atomic E-state index is 4.08. The Labute approximate surface area is 102 Å². The largest absolute Gasteiger partial charge is 0.314 e. The molecule has 0 radical (unpaired) electrons. The molecule has 0 aliphatic carbocycles. The van der Waals surface area contributed by atoms with Gasteiger partial charge in [-0.15, -0.1) is 0 Å². The van der Waals surface area contributed by atoms with Gasteiger partial charge in [0, 0.05) is 12.6 Å². The fourth-order valence-corrected chi connectivity index (χ4v) is 2.08. The van der Waals surface area contributed by atoms with E-state index in [4.69, 9.17) is 0 Å². The van der Waals surface area contributed by atoms with Gasteiger partial charge in [0.05, 0.1) is 0 Å². The number of rotatable bonds is 9. The van der Waals surface area contributed by atoms with Crippen LogP contribution in [0.2, 0.25) is 0 Å². The Morgan fingerprint density at radius 1 is 1.50 bits per heavy atom. The van der Waals surface area contributed by atoms with E-state index in [1.165, 1.54) is 17.9 Å². The summed E-state index contributed by atoms with van der Waals surface area (Å²) in [7, 11) is 0. The third-order valence-electron chi connectivity index (χ3n) is 2.42. The van der Waals surface area contributed by atoms with Crippen molar-refractivity contribution in [2.45, 2.75) is 39.3 Å². The molecule has 5 heteroatoms. The van der Waals surface area contributed by atoms with Gasteiger partial charge >= 0.3 is 0 Å². The molecule has 16 heavy (non-hydrogen) atoms. The molecular formula is C11H22N4S. The lowest BCUT2D eigenvalue weighted by Gasteiger charge is -2.13. The highest BCUT2D eigenvalue weighted by Gasteiger charge is 2.01. The number of aromatic nitrogens is 3. The average Bonchev–Trinajstić information content (AvgIpc) is 2.79. The van der Waals surface area contributed by atoms with Crippen LogP contribution in [0.25, 0.3) is 0 Å².